The Morgan fingerprint density at radius 2 is 1.80 bits per heavy atom. The van der Waals surface area contributed by atoms with Gasteiger partial charge in [-0.2, -0.15) is 0 Å². The van der Waals surface area contributed by atoms with Crippen molar-refractivity contribution in [1.82, 2.24) is 14.8 Å². The van der Waals surface area contributed by atoms with E-state index in [4.69, 9.17) is 5.73 Å². The van der Waals surface area contributed by atoms with Crippen molar-refractivity contribution in [2.24, 2.45) is 0 Å². The summed E-state index contributed by atoms with van der Waals surface area (Å²) in [5, 5.41) is 0. The lowest BCUT2D eigenvalue weighted by Crippen LogP contribution is -2.53. The van der Waals surface area contributed by atoms with Crippen LogP contribution < -0.4 is 5.73 Å². The molecule has 6 nitrogen and oxygen atoms in total. The number of pyridine rings is 1. The third-order valence-electron chi connectivity index (χ3n) is 3.80. The lowest BCUT2D eigenvalue weighted by Gasteiger charge is -2.33. The smallest absolute Gasteiger partial charge is 0.312 e. The lowest BCUT2D eigenvalue weighted by atomic mass is 10.1. The number of nitrogen functional groups attached to an aromatic ring is 1. The van der Waals surface area contributed by atoms with E-state index in [2.05, 4.69) is 4.98 Å². The van der Waals surface area contributed by atoms with Gasteiger partial charge in [-0.25, -0.2) is 0 Å². The fraction of sp³-hybridized carbons (Fsp3) is 0.500. The molecule has 1 aliphatic heterocycles. The standard InChI is InChI=1S/C14H20N4O2/c1-4-17-5-6-18(14(20)13(17)19)8-11-10(3)12(15)9(2)7-16-11/h7H,4-6,8H2,1-3H3,(H2,15,16). The summed E-state index contributed by atoms with van der Waals surface area (Å²) in [6.45, 7) is 7.65. The Balaban J connectivity index is 2.17. The summed E-state index contributed by atoms with van der Waals surface area (Å²) in [5.74, 6) is -0.894. The second-order valence-electron chi connectivity index (χ2n) is 5.04. The molecule has 2 N–H and O–H groups in total. The molecule has 0 spiro atoms. The molecule has 1 aromatic heterocycles. The number of hydrogen-bond donors (Lipinski definition) is 1. The molecule has 1 fully saturated rings. The van der Waals surface area contributed by atoms with Gasteiger partial charge in [-0.15, -0.1) is 0 Å². The topological polar surface area (TPSA) is 79.5 Å². The molecule has 1 saturated heterocycles. The Kier molecular flexibility index (Phi) is 3.92. The first-order valence-corrected chi connectivity index (χ1v) is 6.74. The normalized spacial score (nSPS) is 15.9. The van der Waals surface area contributed by atoms with E-state index in [1.54, 1.807) is 16.0 Å². The molecule has 108 valence electrons. The van der Waals surface area contributed by atoms with E-state index in [1.807, 2.05) is 20.8 Å². The first kappa shape index (κ1) is 14.3. The van der Waals surface area contributed by atoms with Gasteiger partial charge in [-0.1, -0.05) is 0 Å². The summed E-state index contributed by atoms with van der Waals surface area (Å²) in [6.07, 6.45) is 1.70. The maximum Gasteiger partial charge on any atom is 0.312 e. The predicted octanol–water partition coefficient (Wildman–Crippen LogP) is 0.471. The van der Waals surface area contributed by atoms with Crippen LogP contribution in [-0.4, -0.2) is 46.2 Å². The first-order valence-electron chi connectivity index (χ1n) is 6.74. The minimum atomic E-state index is -0.460. The molecule has 0 unspecified atom stereocenters. The van der Waals surface area contributed by atoms with Crippen LogP contribution in [0.4, 0.5) is 5.69 Å². The van der Waals surface area contributed by atoms with Gasteiger partial charge in [-0.3, -0.25) is 14.6 Å². The second-order valence-corrected chi connectivity index (χ2v) is 5.04. The summed E-state index contributed by atoms with van der Waals surface area (Å²) in [4.78, 5) is 31.3. The van der Waals surface area contributed by atoms with Crippen LogP contribution in [0.15, 0.2) is 6.20 Å². The number of piperazine rings is 1. The Hall–Kier alpha value is -2.11. The van der Waals surface area contributed by atoms with Crippen molar-refractivity contribution in [3.05, 3.63) is 23.0 Å². The van der Waals surface area contributed by atoms with Gasteiger partial charge in [0, 0.05) is 31.5 Å². The molecule has 1 aliphatic rings. The number of hydrogen-bond acceptors (Lipinski definition) is 4. The fourth-order valence-corrected chi connectivity index (χ4v) is 2.30. The molecule has 0 bridgehead atoms. The van der Waals surface area contributed by atoms with Gasteiger partial charge in [0.2, 0.25) is 0 Å². The molecular formula is C14H20N4O2. The molecule has 0 atom stereocenters. The van der Waals surface area contributed by atoms with Gasteiger partial charge in [0.05, 0.1) is 12.2 Å². The van der Waals surface area contributed by atoms with Gasteiger partial charge >= 0.3 is 11.8 Å². The molecule has 20 heavy (non-hydrogen) atoms. The molecule has 6 heteroatoms. The summed E-state index contributed by atoms with van der Waals surface area (Å²) >= 11 is 0. The maximum absolute atomic E-state index is 12.0. The number of carbonyl (C=O) groups excluding carboxylic acids is 2. The van der Waals surface area contributed by atoms with Crippen LogP contribution in [0.25, 0.3) is 0 Å². The van der Waals surface area contributed by atoms with Gasteiger partial charge in [0.15, 0.2) is 0 Å². The van der Waals surface area contributed by atoms with Crippen molar-refractivity contribution in [3.8, 4) is 0 Å². The highest BCUT2D eigenvalue weighted by molar-refractivity contribution is 6.35. The van der Waals surface area contributed by atoms with Crippen LogP contribution in [0.1, 0.15) is 23.7 Å². The van der Waals surface area contributed by atoms with Crippen molar-refractivity contribution in [2.75, 3.05) is 25.4 Å². The largest absolute Gasteiger partial charge is 0.398 e. The van der Waals surface area contributed by atoms with Gasteiger partial charge in [0.1, 0.15) is 0 Å². The average molecular weight is 276 g/mol. The van der Waals surface area contributed by atoms with E-state index >= 15 is 0 Å². The number of likely N-dealkylation sites (N-methyl/N-ethyl adjacent to an activating group) is 1. The number of anilines is 1. The van der Waals surface area contributed by atoms with Gasteiger partial charge in [-0.05, 0) is 31.9 Å². The molecule has 2 amide bonds. The van der Waals surface area contributed by atoms with Crippen LogP contribution in [0, 0.1) is 13.8 Å². The highest BCUT2D eigenvalue weighted by atomic mass is 16.2. The van der Waals surface area contributed by atoms with Crippen LogP contribution in [0.3, 0.4) is 0 Å². The van der Waals surface area contributed by atoms with Crippen LogP contribution >= 0.6 is 0 Å². The van der Waals surface area contributed by atoms with Crippen molar-refractivity contribution in [2.45, 2.75) is 27.3 Å². The SMILES string of the molecule is CCN1CCN(Cc2ncc(C)c(N)c2C)C(=O)C1=O. The zero-order valence-electron chi connectivity index (χ0n) is 12.1. The maximum atomic E-state index is 12.0. The monoisotopic (exact) mass is 276 g/mol. The van der Waals surface area contributed by atoms with Crippen LogP contribution in [-0.2, 0) is 16.1 Å². The van der Waals surface area contributed by atoms with E-state index < -0.39 is 11.8 Å². The van der Waals surface area contributed by atoms with Gasteiger partial charge < -0.3 is 15.5 Å². The zero-order valence-corrected chi connectivity index (χ0v) is 12.1. The quantitative estimate of drug-likeness (QED) is 0.814. The Bertz CT molecular complexity index is 556. The van der Waals surface area contributed by atoms with Crippen molar-refractivity contribution in [1.29, 1.82) is 0 Å². The van der Waals surface area contributed by atoms with Crippen molar-refractivity contribution >= 4 is 17.5 Å². The lowest BCUT2D eigenvalue weighted by molar-refractivity contribution is -0.156. The summed E-state index contributed by atoms with van der Waals surface area (Å²) < 4.78 is 0. The fourth-order valence-electron chi connectivity index (χ4n) is 2.30. The van der Waals surface area contributed by atoms with E-state index in [-0.39, 0.29) is 0 Å². The van der Waals surface area contributed by atoms with E-state index in [0.717, 1.165) is 16.8 Å². The summed E-state index contributed by atoms with van der Waals surface area (Å²) in [5.41, 5.74) is 9.22. The third-order valence-corrected chi connectivity index (χ3v) is 3.80. The minimum absolute atomic E-state index is 0.332. The Labute approximate surface area is 118 Å². The number of nitrogens with two attached hydrogens (primary N) is 1. The summed E-state index contributed by atoms with van der Waals surface area (Å²) in [6, 6.07) is 0. The second kappa shape index (κ2) is 5.48. The number of rotatable bonds is 3. The number of amides is 2. The first-order chi connectivity index (χ1) is 9.45. The van der Waals surface area contributed by atoms with E-state index in [9.17, 15) is 9.59 Å². The number of aromatic nitrogens is 1. The molecule has 0 saturated carbocycles. The minimum Gasteiger partial charge on any atom is -0.398 e. The number of nitrogens with zero attached hydrogens (tertiary/aromatic N) is 3. The van der Waals surface area contributed by atoms with Crippen LogP contribution in [0.2, 0.25) is 0 Å². The van der Waals surface area contributed by atoms with Crippen LogP contribution in [0.5, 0.6) is 0 Å². The number of carbonyl (C=O) groups is 2. The molecule has 0 radical (unpaired) electrons. The number of aryl methyl sites for hydroxylation is 1. The van der Waals surface area contributed by atoms with Crippen molar-refractivity contribution in [3.63, 3.8) is 0 Å². The predicted molar refractivity (Wildman–Crippen MR) is 75.8 cm³/mol. The molecule has 0 aliphatic carbocycles. The van der Waals surface area contributed by atoms with E-state index in [0.29, 0.717) is 31.9 Å². The Morgan fingerprint density at radius 1 is 1.20 bits per heavy atom. The van der Waals surface area contributed by atoms with E-state index in [1.165, 1.54) is 0 Å². The molecule has 1 aromatic rings. The highest BCUT2D eigenvalue weighted by Crippen LogP contribution is 2.20. The summed E-state index contributed by atoms with van der Waals surface area (Å²) in [7, 11) is 0. The van der Waals surface area contributed by atoms with Gasteiger partial charge in [0.25, 0.3) is 0 Å². The average Bonchev–Trinajstić information content (AvgIpc) is 2.44. The third kappa shape index (κ3) is 2.45. The van der Waals surface area contributed by atoms with Crippen molar-refractivity contribution < 1.29 is 9.59 Å². The molecule has 2 heterocycles. The zero-order chi connectivity index (χ0) is 14.9. The highest BCUT2D eigenvalue weighted by Gasteiger charge is 2.31. The molecule has 2 rings (SSSR count). The Morgan fingerprint density at radius 3 is 2.45 bits per heavy atom. The molecule has 0 aromatic carbocycles. The molecular weight excluding hydrogens is 256 g/mol.